The van der Waals surface area contributed by atoms with Crippen molar-refractivity contribution in [2.24, 2.45) is 0 Å². The molecular weight excluding hydrogens is 312 g/mol. The highest BCUT2D eigenvalue weighted by atomic mass is 16.5. The van der Waals surface area contributed by atoms with Gasteiger partial charge in [-0.2, -0.15) is 0 Å². The van der Waals surface area contributed by atoms with Crippen molar-refractivity contribution < 1.29 is 23.9 Å². The molecule has 130 valence electrons. The average molecular weight is 334 g/mol. The number of nitrogens with one attached hydrogen (secondary N) is 1. The number of carbonyl (C=O) groups is 3. The number of fused-ring (bicyclic) bond motifs is 1. The Bertz CT molecular complexity index is 617. The first kappa shape index (κ1) is 17.8. The Hall–Kier alpha value is -2.57. The lowest BCUT2D eigenvalue weighted by Gasteiger charge is -2.22. The smallest absolute Gasteiger partial charge is 0.326 e. The van der Waals surface area contributed by atoms with Crippen LogP contribution in [0.1, 0.15) is 26.7 Å². The van der Waals surface area contributed by atoms with Crippen LogP contribution in [0.4, 0.5) is 5.69 Å². The van der Waals surface area contributed by atoms with Gasteiger partial charge in [-0.1, -0.05) is 19.1 Å². The monoisotopic (exact) mass is 334 g/mol. The van der Waals surface area contributed by atoms with E-state index >= 15 is 0 Å². The zero-order valence-electron chi connectivity index (χ0n) is 13.9. The molecule has 0 aromatic heterocycles. The van der Waals surface area contributed by atoms with Crippen LogP contribution in [0.5, 0.6) is 5.75 Å². The van der Waals surface area contributed by atoms with Gasteiger partial charge >= 0.3 is 5.97 Å². The zero-order valence-corrected chi connectivity index (χ0v) is 13.9. The predicted octanol–water partition coefficient (Wildman–Crippen LogP) is 1.26. The van der Waals surface area contributed by atoms with E-state index < -0.39 is 12.1 Å². The SMILES string of the molecule is CCCNC(=O)[C@H](C)OC(=O)CN1C(=O)CCOc2ccccc21. The maximum Gasteiger partial charge on any atom is 0.326 e. The lowest BCUT2D eigenvalue weighted by atomic mass is 10.2. The van der Waals surface area contributed by atoms with Crippen LogP contribution in [-0.4, -0.2) is 43.6 Å². The summed E-state index contributed by atoms with van der Waals surface area (Å²) in [6.45, 7) is 3.96. The summed E-state index contributed by atoms with van der Waals surface area (Å²) < 4.78 is 10.6. The predicted molar refractivity (Wildman–Crippen MR) is 87.8 cm³/mol. The van der Waals surface area contributed by atoms with Gasteiger partial charge in [-0.25, -0.2) is 0 Å². The number of esters is 1. The first-order valence-electron chi connectivity index (χ1n) is 8.02. The molecular formula is C17H22N2O5. The van der Waals surface area contributed by atoms with E-state index in [1.165, 1.54) is 11.8 Å². The highest BCUT2D eigenvalue weighted by molar-refractivity contribution is 5.99. The topological polar surface area (TPSA) is 84.9 Å². The van der Waals surface area contributed by atoms with Crippen molar-refractivity contribution in [3.05, 3.63) is 24.3 Å². The second-order valence-corrected chi connectivity index (χ2v) is 5.47. The Labute approximate surface area is 140 Å². The summed E-state index contributed by atoms with van der Waals surface area (Å²) in [7, 11) is 0. The normalized spacial score (nSPS) is 14.9. The summed E-state index contributed by atoms with van der Waals surface area (Å²) in [6, 6.07) is 7.02. The molecule has 1 N–H and O–H groups in total. The van der Waals surface area contributed by atoms with E-state index in [9.17, 15) is 14.4 Å². The summed E-state index contributed by atoms with van der Waals surface area (Å²) in [5.41, 5.74) is 0.528. The molecule has 1 aliphatic rings. The van der Waals surface area contributed by atoms with Gasteiger partial charge in [-0.05, 0) is 25.5 Å². The number of nitrogens with zero attached hydrogens (tertiary/aromatic N) is 1. The van der Waals surface area contributed by atoms with E-state index in [0.29, 0.717) is 18.0 Å². The Morgan fingerprint density at radius 1 is 1.38 bits per heavy atom. The molecule has 2 amide bonds. The molecule has 1 aromatic rings. The standard InChI is InChI=1S/C17H22N2O5/c1-3-9-18-17(22)12(2)24-16(21)11-19-13-6-4-5-7-14(13)23-10-8-15(19)20/h4-7,12H,3,8-11H2,1-2H3,(H,18,22)/t12-/m0/s1. The van der Waals surface area contributed by atoms with Gasteiger partial charge < -0.3 is 14.8 Å². The number of rotatable bonds is 6. The zero-order chi connectivity index (χ0) is 17.5. The molecule has 1 aliphatic heterocycles. The number of ether oxygens (including phenoxy) is 2. The Morgan fingerprint density at radius 3 is 2.88 bits per heavy atom. The Kier molecular flexibility index (Phi) is 6.17. The third kappa shape index (κ3) is 4.47. The lowest BCUT2D eigenvalue weighted by Crippen LogP contribution is -2.40. The molecule has 24 heavy (non-hydrogen) atoms. The fourth-order valence-electron chi connectivity index (χ4n) is 2.30. The van der Waals surface area contributed by atoms with Crippen LogP contribution in [0.25, 0.3) is 0 Å². The molecule has 1 aromatic carbocycles. The van der Waals surface area contributed by atoms with Crippen LogP contribution < -0.4 is 15.0 Å². The third-order valence-electron chi connectivity index (χ3n) is 3.54. The molecule has 0 radical (unpaired) electrons. The fourth-order valence-corrected chi connectivity index (χ4v) is 2.30. The van der Waals surface area contributed by atoms with Gasteiger partial charge in [0.05, 0.1) is 18.7 Å². The number of hydrogen-bond acceptors (Lipinski definition) is 5. The summed E-state index contributed by atoms with van der Waals surface area (Å²) in [4.78, 5) is 37.5. The molecule has 0 saturated heterocycles. The van der Waals surface area contributed by atoms with Gasteiger partial charge in [-0.3, -0.25) is 19.3 Å². The van der Waals surface area contributed by atoms with Crippen LogP contribution in [-0.2, 0) is 19.1 Å². The minimum Gasteiger partial charge on any atom is -0.491 e. The minimum absolute atomic E-state index is 0.175. The fraction of sp³-hybridized carbons (Fsp3) is 0.471. The van der Waals surface area contributed by atoms with Gasteiger partial charge in [0, 0.05) is 6.54 Å². The maximum absolute atomic E-state index is 12.2. The van der Waals surface area contributed by atoms with E-state index in [1.807, 2.05) is 6.92 Å². The van der Waals surface area contributed by atoms with Gasteiger partial charge in [-0.15, -0.1) is 0 Å². The van der Waals surface area contributed by atoms with E-state index in [1.54, 1.807) is 24.3 Å². The number of amides is 2. The van der Waals surface area contributed by atoms with Crippen LogP contribution in [0.15, 0.2) is 24.3 Å². The molecule has 1 atom stereocenters. The van der Waals surface area contributed by atoms with Crippen LogP contribution in [0.3, 0.4) is 0 Å². The van der Waals surface area contributed by atoms with Gasteiger partial charge in [0.25, 0.3) is 5.91 Å². The van der Waals surface area contributed by atoms with Gasteiger partial charge in [0.15, 0.2) is 6.10 Å². The number of carbonyl (C=O) groups excluding carboxylic acids is 3. The van der Waals surface area contributed by atoms with Gasteiger partial charge in [0.2, 0.25) is 5.91 Å². The molecule has 0 fully saturated rings. The van der Waals surface area contributed by atoms with Crippen LogP contribution in [0.2, 0.25) is 0 Å². The molecule has 0 aliphatic carbocycles. The molecule has 0 saturated carbocycles. The van der Waals surface area contributed by atoms with Gasteiger partial charge in [0.1, 0.15) is 12.3 Å². The van der Waals surface area contributed by atoms with E-state index in [2.05, 4.69) is 5.32 Å². The minimum atomic E-state index is -0.905. The summed E-state index contributed by atoms with van der Waals surface area (Å²) in [6.07, 6.45) is 0.0672. The van der Waals surface area contributed by atoms with Crippen LogP contribution in [0, 0.1) is 0 Å². The number of anilines is 1. The third-order valence-corrected chi connectivity index (χ3v) is 3.54. The Morgan fingerprint density at radius 2 is 2.12 bits per heavy atom. The molecule has 7 nitrogen and oxygen atoms in total. The molecule has 0 spiro atoms. The largest absolute Gasteiger partial charge is 0.491 e. The second-order valence-electron chi connectivity index (χ2n) is 5.47. The average Bonchev–Trinajstić information content (AvgIpc) is 2.72. The van der Waals surface area contributed by atoms with Crippen molar-refractivity contribution in [1.82, 2.24) is 5.32 Å². The molecule has 7 heteroatoms. The quantitative estimate of drug-likeness (QED) is 0.792. The van der Waals surface area contributed by atoms with Crippen molar-refractivity contribution in [3.63, 3.8) is 0 Å². The molecule has 0 bridgehead atoms. The maximum atomic E-state index is 12.2. The Balaban J connectivity index is 2.02. The first-order valence-corrected chi connectivity index (χ1v) is 8.02. The van der Waals surface area contributed by atoms with Crippen molar-refractivity contribution >= 4 is 23.5 Å². The lowest BCUT2D eigenvalue weighted by molar-refractivity contribution is -0.153. The van der Waals surface area contributed by atoms with E-state index in [-0.39, 0.29) is 31.4 Å². The number of hydrogen-bond donors (Lipinski definition) is 1. The van der Waals surface area contributed by atoms with Crippen molar-refractivity contribution in [2.45, 2.75) is 32.8 Å². The van der Waals surface area contributed by atoms with Crippen LogP contribution >= 0.6 is 0 Å². The highest BCUT2D eigenvalue weighted by Gasteiger charge is 2.27. The second kappa shape index (κ2) is 8.33. The molecule has 1 heterocycles. The molecule has 0 unspecified atom stereocenters. The van der Waals surface area contributed by atoms with Crippen molar-refractivity contribution in [3.8, 4) is 5.75 Å². The molecule has 2 rings (SSSR count). The first-order chi connectivity index (χ1) is 11.5. The van der Waals surface area contributed by atoms with E-state index in [0.717, 1.165) is 6.42 Å². The van der Waals surface area contributed by atoms with Crippen molar-refractivity contribution in [2.75, 3.05) is 24.6 Å². The summed E-state index contributed by atoms with van der Waals surface area (Å²) in [5, 5.41) is 2.66. The summed E-state index contributed by atoms with van der Waals surface area (Å²) in [5.74, 6) is -0.666. The number of para-hydroxylation sites is 2. The van der Waals surface area contributed by atoms with E-state index in [4.69, 9.17) is 9.47 Å². The summed E-state index contributed by atoms with van der Waals surface area (Å²) >= 11 is 0. The highest BCUT2D eigenvalue weighted by Crippen LogP contribution is 2.30. The number of benzene rings is 1. The van der Waals surface area contributed by atoms with Crippen molar-refractivity contribution in [1.29, 1.82) is 0 Å².